The van der Waals surface area contributed by atoms with Gasteiger partial charge in [-0.05, 0) is 43.9 Å². The van der Waals surface area contributed by atoms with Crippen LogP contribution in [0.25, 0.3) is 0 Å². The summed E-state index contributed by atoms with van der Waals surface area (Å²) in [5, 5.41) is 6.21. The third kappa shape index (κ3) is 3.22. The number of nitrogens with one attached hydrogen (secondary N) is 2. The molecule has 0 spiro atoms. The van der Waals surface area contributed by atoms with E-state index in [1.165, 1.54) is 12.8 Å². The summed E-state index contributed by atoms with van der Waals surface area (Å²) in [7, 11) is 0. The van der Waals surface area contributed by atoms with Crippen LogP contribution in [0.5, 0.6) is 0 Å². The van der Waals surface area contributed by atoms with Crippen molar-refractivity contribution in [2.24, 2.45) is 5.92 Å². The molecule has 1 aliphatic carbocycles. The highest BCUT2D eigenvalue weighted by Crippen LogP contribution is 2.36. The van der Waals surface area contributed by atoms with E-state index in [2.05, 4.69) is 26.6 Å². The number of hydrogen-bond acceptors (Lipinski definition) is 3. The van der Waals surface area contributed by atoms with Crippen LogP contribution in [0, 0.1) is 5.92 Å². The van der Waals surface area contributed by atoms with Crippen molar-refractivity contribution in [3.63, 3.8) is 0 Å². The largest absolute Gasteiger partial charge is 0.381 e. The Morgan fingerprint density at radius 2 is 2.25 bits per heavy atom. The molecule has 108 valence electrons. The summed E-state index contributed by atoms with van der Waals surface area (Å²) < 4.78 is 6.56. The third-order valence-corrected chi connectivity index (χ3v) is 4.42. The topological polar surface area (TPSA) is 50.4 Å². The van der Waals surface area contributed by atoms with E-state index in [0.717, 1.165) is 47.8 Å². The molecule has 0 saturated heterocycles. The van der Waals surface area contributed by atoms with E-state index in [1.807, 2.05) is 18.2 Å². The number of anilines is 1. The molecule has 20 heavy (non-hydrogen) atoms. The Kier molecular flexibility index (Phi) is 4.38. The number of carbonyl (C=O) groups excluding carboxylic acids is 1. The Balaban J connectivity index is 1.46. The van der Waals surface area contributed by atoms with E-state index in [4.69, 9.17) is 4.74 Å². The molecule has 1 aliphatic heterocycles. The first-order valence-corrected chi connectivity index (χ1v) is 7.95. The van der Waals surface area contributed by atoms with Gasteiger partial charge in [0.05, 0.1) is 0 Å². The van der Waals surface area contributed by atoms with Crippen LogP contribution in [0.4, 0.5) is 5.69 Å². The maximum absolute atomic E-state index is 12.0. The number of halogens is 1. The van der Waals surface area contributed by atoms with Crippen LogP contribution in [0.3, 0.4) is 0 Å². The number of benzene rings is 1. The molecule has 2 aliphatic rings. The molecular weight excluding hydrogens is 320 g/mol. The number of hydrogen-bond donors (Lipinski definition) is 2. The molecule has 0 aromatic heterocycles. The average Bonchev–Trinajstić information content (AvgIpc) is 3.18. The highest BCUT2D eigenvalue weighted by Gasteiger charge is 2.31. The second-order valence-electron chi connectivity index (χ2n) is 5.45. The second kappa shape index (κ2) is 6.24. The number of amides is 1. The molecule has 1 amide bonds. The minimum Gasteiger partial charge on any atom is -0.381 e. The number of carbonyl (C=O) groups is 1. The van der Waals surface area contributed by atoms with Gasteiger partial charge in [0.2, 0.25) is 5.91 Å². The van der Waals surface area contributed by atoms with Crippen LogP contribution in [-0.4, -0.2) is 25.7 Å². The Labute approximate surface area is 127 Å². The zero-order valence-corrected chi connectivity index (χ0v) is 12.9. The monoisotopic (exact) mass is 338 g/mol. The first kappa shape index (κ1) is 14.0. The van der Waals surface area contributed by atoms with Gasteiger partial charge >= 0.3 is 0 Å². The Bertz CT molecular complexity index is 503. The minimum atomic E-state index is -0.260. The summed E-state index contributed by atoms with van der Waals surface area (Å²) in [4.78, 5) is 12.0. The smallest absolute Gasteiger partial charge is 0.246 e. The molecule has 1 saturated carbocycles. The lowest BCUT2D eigenvalue weighted by Crippen LogP contribution is -2.29. The summed E-state index contributed by atoms with van der Waals surface area (Å²) in [6, 6.07) is 5.56. The quantitative estimate of drug-likeness (QED) is 0.751. The molecule has 1 fully saturated rings. The van der Waals surface area contributed by atoms with Crippen molar-refractivity contribution in [1.82, 2.24) is 5.32 Å². The van der Waals surface area contributed by atoms with Crippen LogP contribution >= 0.6 is 15.9 Å². The first-order chi connectivity index (χ1) is 9.75. The maximum atomic E-state index is 12.0. The fraction of sp³-hybridized carbons (Fsp3) is 0.533. The van der Waals surface area contributed by atoms with Crippen LogP contribution in [0.1, 0.15) is 30.9 Å². The predicted molar refractivity (Wildman–Crippen MR) is 81.7 cm³/mol. The lowest BCUT2D eigenvalue weighted by molar-refractivity contribution is -0.117. The SMILES string of the molecule is O=C1Nc2cccc(Br)c2C1NCCCOCC1CC1. The molecule has 2 N–H and O–H groups in total. The van der Waals surface area contributed by atoms with Gasteiger partial charge in [0.25, 0.3) is 0 Å². The van der Waals surface area contributed by atoms with Crippen molar-refractivity contribution in [1.29, 1.82) is 0 Å². The van der Waals surface area contributed by atoms with E-state index in [-0.39, 0.29) is 11.9 Å². The molecule has 1 atom stereocenters. The van der Waals surface area contributed by atoms with E-state index in [9.17, 15) is 4.79 Å². The van der Waals surface area contributed by atoms with Crippen molar-refractivity contribution in [2.75, 3.05) is 25.1 Å². The standard InChI is InChI=1S/C15H19BrN2O2/c16-11-3-1-4-12-13(11)14(15(19)18-12)17-7-2-8-20-9-10-5-6-10/h1,3-4,10,14,17H,2,5-9H2,(H,18,19). The van der Waals surface area contributed by atoms with Crippen molar-refractivity contribution in [2.45, 2.75) is 25.3 Å². The van der Waals surface area contributed by atoms with Gasteiger partial charge in [0.15, 0.2) is 0 Å². The summed E-state index contributed by atoms with van der Waals surface area (Å²) >= 11 is 3.52. The molecule has 1 aromatic rings. The predicted octanol–water partition coefficient (Wildman–Crippen LogP) is 2.85. The summed E-state index contributed by atoms with van der Waals surface area (Å²) in [6.45, 7) is 2.45. The summed E-state index contributed by atoms with van der Waals surface area (Å²) in [6.07, 6.45) is 3.58. The van der Waals surface area contributed by atoms with Gasteiger partial charge in [-0.1, -0.05) is 22.0 Å². The van der Waals surface area contributed by atoms with Crippen LogP contribution in [0.15, 0.2) is 22.7 Å². The van der Waals surface area contributed by atoms with Crippen LogP contribution in [0.2, 0.25) is 0 Å². The van der Waals surface area contributed by atoms with Crippen molar-refractivity contribution in [3.8, 4) is 0 Å². The number of rotatable bonds is 7. The van der Waals surface area contributed by atoms with E-state index >= 15 is 0 Å². The van der Waals surface area contributed by atoms with Gasteiger partial charge in [0.1, 0.15) is 6.04 Å². The second-order valence-corrected chi connectivity index (χ2v) is 6.30. The number of ether oxygens (including phenoxy) is 1. The molecule has 1 aromatic carbocycles. The number of fused-ring (bicyclic) bond motifs is 1. The fourth-order valence-corrected chi connectivity index (χ4v) is 3.02. The Hall–Kier alpha value is -0.910. The van der Waals surface area contributed by atoms with Gasteiger partial charge in [0, 0.05) is 28.9 Å². The first-order valence-electron chi connectivity index (χ1n) is 7.16. The molecule has 4 nitrogen and oxygen atoms in total. The molecule has 5 heteroatoms. The van der Waals surface area contributed by atoms with Crippen LogP contribution < -0.4 is 10.6 Å². The molecule has 1 heterocycles. The van der Waals surface area contributed by atoms with Crippen molar-refractivity contribution < 1.29 is 9.53 Å². The molecular formula is C15H19BrN2O2. The van der Waals surface area contributed by atoms with Gasteiger partial charge in [-0.25, -0.2) is 0 Å². The van der Waals surface area contributed by atoms with Gasteiger partial charge < -0.3 is 15.4 Å². The van der Waals surface area contributed by atoms with Crippen molar-refractivity contribution >= 4 is 27.5 Å². The zero-order chi connectivity index (χ0) is 13.9. The highest BCUT2D eigenvalue weighted by atomic mass is 79.9. The normalized spacial score (nSPS) is 20.9. The van der Waals surface area contributed by atoms with Gasteiger partial charge in [-0.2, -0.15) is 0 Å². The minimum absolute atomic E-state index is 0.0193. The van der Waals surface area contributed by atoms with E-state index in [1.54, 1.807) is 0 Å². The molecule has 1 unspecified atom stereocenters. The molecule has 0 bridgehead atoms. The fourth-order valence-electron chi connectivity index (χ4n) is 2.43. The van der Waals surface area contributed by atoms with Gasteiger partial charge in [-0.3, -0.25) is 4.79 Å². The van der Waals surface area contributed by atoms with Crippen molar-refractivity contribution in [3.05, 3.63) is 28.2 Å². The molecule has 3 rings (SSSR count). The summed E-state index contributed by atoms with van der Waals surface area (Å²) in [5.74, 6) is 0.831. The molecule has 0 radical (unpaired) electrons. The Morgan fingerprint density at radius 1 is 1.40 bits per heavy atom. The zero-order valence-electron chi connectivity index (χ0n) is 11.3. The lowest BCUT2D eigenvalue weighted by Gasteiger charge is -2.12. The van der Waals surface area contributed by atoms with Gasteiger partial charge in [-0.15, -0.1) is 0 Å². The highest BCUT2D eigenvalue weighted by molar-refractivity contribution is 9.10. The maximum Gasteiger partial charge on any atom is 0.246 e. The summed E-state index contributed by atoms with van der Waals surface area (Å²) in [5.41, 5.74) is 1.91. The third-order valence-electron chi connectivity index (χ3n) is 3.73. The average molecular weight is 339 g/mol. The Morgan fingerprint density at radius 3 is 3.05 bits per heavy atom. The van der Waals surface area contributed by atoms with Crippen LogP contribution in [-0.2, 0) is 9.53 Å². The van der Waals surface area contributed by atoms with E-state index < -0.39 is 0 Å². The lowest BCUT2D eigenvalue weighted by atomic mass is 10.1. The van der Waals surface area contributed by atoms with E-state index in [0.29, 0.717) is 0 Å².